The van der Waals surface area contributed by atoms with Crippen molar-refractivity contribution in [3.63, 3.8) is 0 Å². The highest BCUT2D eigenvalue weighted by atomic mass is 16.5. The zero-order valence-electron chi connectivity index (χ0n) is 11.3. The van der Waals surface area contributed by atoms with Gasteiger partial charge in [-0.05, 0) is 31.4 Å². The van der Waals surface area contributed by atoms with Crippen molar-refractivity contribution >= 4 is 0 Å². The second kappa shape index (κ2) is 7.37. The van der Waals surface area contributed by atoms with E-state index in [9.17, 15) is 0 Å². The first-order valence-corrected chi connectivity index (χ1v) is 7.09. The van der Waals surface area contributed by atoms with Crippen molar-refractivity contribution in [3.05, 3.63) is 23.9 Å². The molecule has 100 valence electrons. The minimum Gasteiger partial charge on any atom is -0.481 e. The fraction of sp³-hybridized carbons (Fsp3) is 0.667. The monoisotopic (exact) mass is 248 g/mol. The molecular weight excluding hydrogens is 224 g/mol. The van der Waals surface area contributed by atoms with Gasteiger partial charge in [-0.3, -0.25) is 0 Å². The molecule has 0 spiro atoms. The number of nitrogens with zero attached hydrogens (tertiary/aromatic N) is 1. The molecule has 1 saturated carbocycles. The predicted octanol–water partition coefficient (Wildman–Crippen LogP) is 3.15. The first-order valence-electron chi connectivity index (χ1n) is 7.09. The summed E-state index contributed by atoms with van der Waals surface area (Å²) in [7, 11) is 1.65. The molecule has 1 N–H and O–H groups in total. The summed E-state index contributed by atoms with van der Waals surface area (Å²) in [5.41, 5.74) is 1.05. The quantitative estimate of drug-likeness (QED) is 0.753. The summed E-state index contributed by atoms with van der Waals surface area (Å²) in [5.74, 6) is 1.70. The Kier molecular flexibility index (Phi) is 5.46. The highest BCUT2D eigenvalue weighted by molar-refractivity contribution is 5.15. The highest BCUT2D eigenvalue weighted by Gasteiger charge is 2.13. The van der Waals surface area contributed by atoms with Crippen molar-refractivity contribution in [2.75, 3.05) is 13.7 Å². The molecule has 3 heteroatoms. The molecule has 3 nitrogen and oxygen atoms in total. The molecule has 0 atom stereocenters. The summed E-state index contributed by atoms with van der Waals surface area (Å²) in [5, 5.41) is 3.46. The topological polar surface area (TPSA) is 34.1 Å². The molecule has 1 aromatic heterocycles. The fourth-order valence-electron chi connectivity index (χ4n) is 2.70. The zero-order valence-corrected chi connectivity index (χ0v) is 11.3. The van der Waals surface area contributed by atoms with E-state index in [2.05, 4.69) is 10.3 Å². The van der Waals surface area contributed by atoms with Crippen LogP contribution in [0.5, 0.6) is 5.88 Å². The lowest BCUT2D eigenvalue weighted by Crippen LogP contribution is -2.16. The summed E-state index contributed by atoms with van der Waals surface area (Å²) in [6.45, 7) is 1.93. The van der Waals surface area contributed by atoms with Crippen molar-refractivity contribution in [1.82, 2.24) is 10.3 Å². The van der Waals surface area contributed by atoms with E-state index < -0.39 is 0 Å². The van der Waals surface area contributed by atoms with Gasteiger partial charge in [0.1, 0.15) is 0 Å². The third-order valence-corrected chi connectivity index (χ3v) is 3.74. The first kappa shape index (κ1) is 13.3. The first-order chi connectivity index (χ1) is 8.88. The molecule has 0 unspecified atom stereocenters. The van der Waals surface area contributed by atoms with Crippen LogP contribution in [-0.2, 0) is 6.54 Å². The molecule has 1 fully saturated rings. The Morgan fingerprint density at radius 2 is 2.17 bits per heavy atom. The minimum atomic E-state index is 0.695. The molecule has 0 aromatic carbocycles. The summed E-state index contributed by atoms with van der Waals surface area (Å²) < 4.78 is 5.11. The normalized spacial score (nSPS) is 16.1. The number of rotatable bonds is 7. The lowest BCUT2D eigenvalue weighted by molar-refractivity contribution is 0.395. The van der Waals surface area contributed by atoms with E-state index >= 15 is 0 Å². The fourth-order valence-corrected chi connectivity index (χ4v) is 2.70. The number of hydrogen-bond acceptors (Lipinski definition) is 3. The SMILES string of the molecule is COc1cccc(CNCCCC2CCCC2)n1. The Morgan fingerprint density at radius 3 is 2.94 bits per heavy atom. The Hall–Kier alpha value is -1.09. The van der Waals surface area contributed by atoms with Crippen molar-refractivity contribution in [3.8, 4) is 5.88 Å². The maximum atomic E-state index is 5.11. The summed E-state index contributed by atoms with van der Waals surface area (Å²) in [6, 6.07) is 5.90. The van der Waals surface area contributed by atoms with E-state index in [-0.39, 0.29) is 0 Å². The third kappa shape index (κ3) is 4.30. The van der Waals surface area contributed by atoms with Gasteiger partial charge in [0, 0.05) is 12.6 Å². The summed E-state index contributed by atoms with van der Waals surface area (Å²) >= 11 is 0. The van der Waals surface area contributed by atoms with Crippen LogP contribution in [0, 0.1) is 5.92 Å². The van der Waals surface area contributed by atoms with E-state index in [1.54, 1.807) is 7.11 Å². The van der Waals surface area contributed by atoms with Gasteiger partial charge in [-0.2, -0.15) is 0 Å². The Bertz CT molecular complexity index is 348. The third-order valence-electron chi connectivity index (χ3n) is 3.74. The van der Waals surface area contributed by atoms with Crippen LogP contribution in [0.1, 0.15) is 44.2 Å². The van der Waals surface area contributed by atoms with Gasteiger partial charge < -0.3 is 10.1 Å². The molecule has 1 heterocycles. The van der Waals surface area contributed by atoms with Crippen LogP contribution in [0.2, 0.25) is 0 Å². The molecule has 2 rings (SSSR count). The van der Waals surface area contributed by atoms with Gasteiger partial charge >= 0.3 is 0 Å². The molecule has 0 aliphatic heterocycles. The summed E-state index contributed by atoms with van der Waals surface area (Å²) in [6.07, 6.45) is 8.49. The molecular formula is C15H24N2O. The van der Waals surface area contributed by atoms with Crippen molar-refractivity contribution < 1.29 is 4.74 Å². The largest absolute Gasteiger partial charge is 0.481 e. The van der Waals surface area contributed by atoms with Gasteiger partial charge in [0.2, 0.25) is 5.88 Å². The smallest absolute Gasteiger partial charge is 0.213 e. The number of aromatic nitrogens is 1. The molecule has 0 bridgehead atoms. The molecule has 1 aliphatic rings. The van der Waals surface area contributed by atoms with E-state index in [0.717, 1.165) is 24.7 Å². The Labute approximate surface area is 110 Å². The van der Waals surface area contributed by atoms with Gasteiger partial charge in [-0.15, -0.1) is 0 Å². The molecule has 18 heavy (non-hydrogen) atoms. The Morgan fingerprint density at radius 1 is 1.33 bits per heavy atom. The maximum Gasteiger partial charge on any atom is 0.213 e. The van der Waals surface area contributed by atoms with Gasteiger partial charge in [0.15, 0.2) is 0 Å². The van der Waals surface area contributed by atoms with Crippen LogP contribution in [0.3, 0.4) is 0 Å². The molecule has 1 aromatic rings. The van der Waals surface area contributed by atoms with Gasteiger partial charge in [-0.1, -0.05) is 31.7 Å². The highest BCUT2D eigenvalue weighted by Crippen LogP contribution is 2.28. The lowest BCUT2D eigenvalue weighted by Gasteiger charge is -2.09. The molecule has 1 aliphatic carbocycles. The van der Waals surface area contributed by atoms with Gasteiger partial charge in [0.25, 0.3) is 0 Å². The second-order valence-electron chi connectivity index (χ2n) is 5.14. The molecule has 0 saturated heterocycles. The van der Waals surface area contributed by atoms with Crippen LogP contribution >= 0.6 is 0 Å². The summed E-state index contributed by atoms with van der Waals surface area (Å²) in [4.78, 5) is 4.38. The average molecular weight is 248 g/mol. The second-order valence-corrected chi connectivity index (χ2v) is 5.14. The van der Waals surface area contributed by atoms with E-state index in [1.165, 1.54) is 38.5 Å². The number of pyridine rings is 1. The molecule has 0 radical (unpaired) electrons. The number of methoxy groups -OCH3 is 1. The predicted molar refractivity (Wildman–Crippen MR) is 73.7 cm³/mol. The van der Waals surface area contributed by atoms with E-state index in [4.69, 9.17) is 4.74 Å². The van der Waals surface area contributed by atoms with Crippen LogP contribution in [0.15, 0.2) is 18.2 Å². The number of hydrogen-bond donors (Lipinski definition) is 1. The van der Waals surface area contributed by atoms with Crippen LogP contribution in [0.4, 0.5) is 0 Å². The number of nitrogens with one attached hydrogen (secondary N) is 1. The van der Waals surface area contributed by atoms with E-state index in [0.29, 0.717) is 5.88 Å². The van der Waals surface area contributed by atoms with Crippen LogP contribution in [-0.4, -0.2) is 18.6 Å². The van der Waals surface area contributed by atoms with Gasteiger partial charge in [0.05, 0.1) is 12.8 Å². The van der Waals surface area contributed by atoms with Crippen molar-refractivity contribution in [2.24, 2.45) is 5.92 Å². The average Bonchev–Trinajstić information content (AvgIpc) is 2.92. The Balaban J connectivity index is 1.59. The molecule has 0 amide bonds. The van der Waals surface area contributed by atoms with E-state index in [1.807, 2.05) is 18.2 Å². The van der Waals surface area contributed by atoms with Gasteiger partial charge in [-0.25, -0.2) is 4.98 Å². The maximum absolute atomic E-state index is 5.11. The lowest BCUT2D eigenvalue weighted by atomic mass is 10.0. The van der Waals surface area contributed by atoms with Crippen LogP contribution < -0.4 is 10.1 Å². The van der Waals surface area contributed by atoms with Crippen molar-refractivity contribution in [2.45, 2.75) is 45.1 Å². The number of ether oxygens (including phenoxy) is 1. The van der Waals surface area contributed by atoms with Crippen LogP contribution in [0.25, 0.3) is 0 Å². The zero-order chi connectivity index (χ0) is 12.6. The van der Waals surface area contributed by atoms with Crippen molar-refractivity contribution in [1.29, 1.82) is 0 Å². The minimum absolute atomic E-state index is 0.695. The standard InChI is InChI=1S/C15H24N2O/c1-18-15-10-4-9-14(17-15)12-16-11-5-8-13-6-2-3-7-13/h4,9-10,13,16H,2-3,5-8,11-12H2,1H3.